The summed E-state index contributed by atoms with van der Waals surface area (Å²) in [6, 6.07) is 10.4. The van der Waals surface area contributed by atoms with Crippen LogP contribution in [0.2, 0.25) is 0 Å². The molecule has 1 aromatic rings. The Labute approximate surface area is 147 Å². The minimum Gasteiger partial charge on any atom is -0.469 e. The number of ether oxygens (including phenoxy) is 1. The molecule has 0 N–H and O–H groups in total. The summed E-state index contributed by atoms with van der Waals surface area (Å²) in [5, 5.41) is 0. The molecular weight excluding hydrogens is 389 g/mol. The van der Waals surface area contributed by atoms with Gasteiger partial charge in [-0.3, -0.25) is 9.69 Å². The summed E-state index contributed by atoms with van der Waals surface area (Å²) in [4.78, 5) is 13.7. The van der Waals surface area contributed by atoms with Gasteiger partial charge in [0.1, 0.15) is 0 Å². The second-order valence-electron chi connectivity index (χ2n) is 5.32. The number of hydrogen-bond donors (Lipinski definition) is 0. The molecule has 3 nitrogen and oxygen atoms in total. The summed E-state index contributed by atoms with van der Waals surface area (Å²) in [7, 11) is 1.44. The maximum Gasteiger partial charge on any atom is 0.306 e. The highest BCUT2D eigenvalue weighted by molar-refractivity contribution is 14.1. The Hall–Kier alpha value is -0.880. The minimum atomic E-state index is -0.150. The molecule has 0 radical (unpaired) electrons. The number of benzene rings is 1. The monoisotopic (exact) mass is 415 g/mol. The van der Waals surface area contributed by atoms with Crippen LogP contribution in [-0.4, -0.2) is 31.1 Å². The van der Waals surface area contributed by atoms with Crippen molar-refractivity contribution < 1.29 is 9.53 Å². The second kappa shape index (κ2) is 11.7. The van der Waals surface area contributed by atoms with Gasteiger partial charge in [0.2, 0.25) is 0 Å². The Morgan fingerprint density at radius 3 is 2.68 bits per heavy atom. The van der Waals surface area contributed by atoms with Gasteiger partial charge in [-0.05, 0) is 34.6 Å². The van der Waals surface area contributed by atoms with Crippen LogP contribution in [0.25, 0.3) is 0 Å². The largest absolute Gasteiger partial charge is 0.469 e. The Balaban J connectivity index is 2.60. The summed E-state index contributed by atoms with van der Waals surface area (Å²) >= 11 is 2.41. The molecule has 22 heavy (non-hydrogen) atoms. The maximum atomic E-state index is 11.4. The van der Waals surface area contributed by atoms with Crippen molar-refractivity contribution in [2.75, 3.05) is 20.2 Å². The van der Waals surface area contributed by atoms with Gasteiger partial charge in [0.15, 0.2) is 0 Å². The number of halogens is 1. The van der Waals surface area contributed by atoms with Crippen LogP contribution in [0.1, 0.15) is 38.2 Å². The lowest BCUT2D eigenvalue weighted by atomic mass is 10.2. The topological polar surface area (TPSA) is 29.5 Å². The van der Waals surface area contributed by atoms with E-state index in [0.717, 1.165) is 26.1 Å². The van der Waals surface area contributed by atoms with E-state index in [1.54, 1.807) is 0 Å². The minimum absolute atomic E-state index is 0.150. The fourth-order valence-corrected chi connectivity index (χ4v) is 2.94. The van der Waals surface area contributed by atoms with Crippen LogP contribution in [-0.2, 0) is 16.1 Å². The third-order valence-electron chi connectivity index (χ3n) is 3.41. The normalized spacial score (nSPS) is 11.7. The average molecular weight is 415 g/mol. The first kappa shape index (κ1) is 19.2. The SMILES string of the molecule is CCCC/C=C(/I)CN(CCC(=O)OC)Cc1ccccc1. The highest BCUT2D eigenvalue weighted by atomic mass is 127. The number of methoxy groups -OCH3 is 1. The first-order valence-electron chi connectivity index (χ1n) is 7.83. The van der Waals surface area contributed by atoms with Crippen molar-refractivity contribution in [1.82, 2.24) is 4.90 Å². The Kier molecular flexibility index (Phi) is 10.2. The molecule has 0 aromatic heterocycles. The molecule has 0 bridgehead atoms. The molecule has 1 aromatic carbocycles. The van der Waals surface area contributed by atoms with E-state index in [-0.39, 0.29) is 5.97 Å². The molecule has 0 aliphatic carbocycles. The van der Waals surface area contributed by atoms with Crippen LogP contribution in [0.15, 0.2) is 40.0 Å². The zero-order valence-corrected chi connectivity index (χ0v) is 15.7. The molecule has 0 unspecified atom stereocenters. The molecule has 0 atom stereocenters. The number of carbonyl (C=O) groups is 1. The van der Waals surface area contributed by atoms with Crippen molar-refractivity contribution >= 4 is 28.6 Å². The zero-order chi connectivity index (χ0) is 16.2. The lowest BCUT2D eigenvalue weighted by Gasteiger charge is -2.22. The number of carbonyl (C=O) groups excluding carboxylic acids is 1. The quantitative estimate of drug-likeness (QED) is 0.319. The van der Waals surface area contributed by atoms with E-state index in [1.807, 2.05) is 6.07 Å². The molecule has 0 heterocycles. The van der Waals surface area contributed by atoms with Crippen LogP contribution >= 0.6 is 22.6 Å². The predicted octanol–water partition coefficient (Wildman–Crippen LogP) is 4.56. The summed E-state index contributed by atoms with van der Waals surface area (Å²) < 4.78 is 6.09. The Morgan fingerprint density at radius 2 is 2.05 bits per heavy atom. The number of nitrogens with zero attached hydrogens (tertiary/aromatic N) is 1. The van der Waals surface area contributed by atoms with Crippen LogP contribution in [0.5, 0.6) is 0 Å². The summed E-state index contributed by atoms with van der Waals surface area (Å²) in [5.74, 6) is -0.150. The predicted molar refractivity (Wildman–Crippen MR) is 100.0 cm³/mol. The molecule has 0 amide bonds. The van der Waals surface area contributed by atoms with Crippen molar-refractivity contribution in [2.24, 2.45) is 0 Å². The van der Waals surface area contributed by atoms with Gasteiger partial charge in [-0.25, -0.2) is 0 Å². The third kappa shape index (κ3) is 8.54. The van der Waals surface area contributed by atoms with Gasteiger partial charge in [0.25, 0.3) is 0 Å². The van der Waals surface area contributed by atoms with E-state index in [4.69, 9.17) is 4.74 Å². The fraction of sp³-hybridized carbons (Fsp3) is 0.500. The standard InChI is InChI=1S/C18H26INO2/c1-3-4-6-11-17(19)15-20(13-12-18(21)22-2)14-16-9-7-5-8-10-16/h5,7-11H,3-4,6,12-15H2,1-2H3/b17-11+. The molecule has 0 aliphatic rings. The molecule has 0 saturated heterocycles. The van der Waals surface area contributed by atoms with Gasteiger partial charge < -0.3 is 4.74 Å². The number of unbranched alkanes of at least 4 members (excludes halogenated alkanes) is 2. The van der Waals surface area contributed by atoms with Gasteiger partial charge in [-0.15, -0.1) is 0 Å². The van der Waals surface area contributed by atoms with E-state index in [1.165, 1.54) is 29.1 Å². The van der Waals surface area contributed by atoms with Crippen molar-refractivity contribution in [3.63, 3.8) is 0 Å². The van der Waals surface area contributed by atoms with Gasteiger partial charge in [0, 0.05) is 23.2 Å². The van der Waals surface area contributed by atoms with Gasteiger partial charge >= 0.3 is 5.97 Å². The molecule has 0 aliphatic heterocycles. The lowest BCUT2D eigenvalue weighted by molar-refractivity contribution is -0.141. The van der Waals surface area contributed by atoms with E-state index in [9.17, 15) is 4.79 Å². The number of esters is 1. The maximum absolute atomic E-state index is 11.4. The Bertz CT molecular complexity index is 459. The van der Waals surface area contributed by atoms with E-state index in [2.05, 4.69) is 64.8 Å². The highest BCUT2D eigenvalue weighted by Crippen LogP contribution is 2.14. The summed E-state index contributed by atoms with van der Waals surface area (Å²) in [6.07, 6.45) is 6.32. The molecule has 0 fully saturated rings. The molecule has 122 valence electrons. The van der Waals surface area contributed by atoms with Crippen molar-refractivity contribution in [3.05, 3.63) is 45.6 Å². The Morgan fingerprint density at radius 1 is 1.32 bits per heavy atom. The summed E-state index contributed by atoms with van der Waals surface area (Å²) in [6.45, 7) is 4.66. The zero-order valence-electron chi connectivity index (χ0n) is 13.6. The lowest BCUT2D eigenvalue weighted by Crippen LogP contribution is -2.27. The number of hydrogen-bond acceptors (Lipinski definition) is 3. The second-order valence-corrected chi connectivity index (χ2v) is 6.70. The van der Waals surface area contributed by atoms with E-state index < -0.39 is 0 Å². The first-order valence-corrected chi connectivity index (χ1v) is 8.91. The molecule has 4 heteroatoms. The first-order chi connectivity index (χ1) is 10.7. The van der Waals surface area contributed by atoms with Gasteiger partial charge in [-0.2, -0.15) is 0 Å². The van der Waals surface area contributed by atoms with Crippen LogP contribution in [0.3, 0.4) is 0 Å². The molecular formula is C18H26INO2. The van der Waals surface area contributed by atoms with Crippen LogP contribution < -0.4 is 0 Å². The number of allylic oxidation sites excluding steroid dienone is 1. The van der Waals surface area contributed by atoms with E-state index >= 15 is 0 Å². The molecule has 0 saturated carbocycles. The average Bonchev–Trinajstić information content (AvgIpc) is 2.53. The summed E-state index contributed by atoms with van der Waals surface area (Å²) in [5.41, 5.74) is 1.27. The van der Waals surface area contributed by atoms with Crippen LogP contribution in [0, 0.1) is 0 Å². The van der Waals surface area contributed by atoms with Crippen LogP contribution in [0.4, 0.5) is 0 Å². The molecule has 1 rings (SSSR count). The van der Waals surface area contributed by atoms with Gasteiger partial charge in [-0.1, -0.05) is 56.2 Å². The molecule has 0 spiro atoms. The highest BCUT2D eigenvalue weighted by Gasteiger charge is 2.10. The third-order valence-corrected chi connectivity index (χ3v) is 4.19. The fourth-order valence-electron chi connectivity index (χ4n) is 2.15. The van der Waals surface area contributed by atoms with Gasteiger partial charge in [0.05, 0.1) is 13.5 Å². The van der Waals surface area contributed by atoms with Crippen molar-refractivity contribution in [1.29, 1.82) is 0 Å². The van der Waals surface area contributed by atoms with Crippen molar-refractivity contribution in [2.45, 2.75) is 39.2 Å². The smallest absolute Gasteiger partial charge is 0.306 e. The number of rotatable bonds is 10. The van der Waals surface area contributed by atoms with Crippen molar-refractivity contribution in [3.8, 4) is 0 Å². The van der Waals surface area contributed by atoms with E-state index in [0.29, 0.717) is 6.42 Å².